The normalized spacial score (nSPS) is 19.8. The van der Waals surface area contributed by atoms with Gasteiger partial charge in [-0.1, -0.05) is 0 Å². The highest BCUT2D eigenvalue weighted by atomic mass is 32.2. The van der Waals surface area contributed by atoms with Crippen LogP contribution in [0.15, 0.2) is 41.4 Å². The molecular weight excluding hydrogens is 474 g/mol. The molecule has 1 aliphatic heterocycles. The Balaban J connectivity index is 1.78. The van der Waals surface area contributed by atoms with E-state index in [1.54, 1.807) is 0 Å². The largest absolute Gasteiger partial charge is 0.473 e. The van der Waals surface area contributed by atoms with Crippen molar-refractivity contribution < 1.29 is 45.8 Å². The van der Waals surface area contributed by atoms with E-state index in [2.05, 4.69) is 4.98 Å². The number of sulfonamides is 1. The number of pyridine rings is 1. The van der Waals surface area contributed by atoms with Crippen molar-refractivity contribution in [2.45, 2.75) is 42.7 Å². The zero-order valence-electron chi connectivity index (χ0n) is 16.8. The Morgan fingerprint density at radius 2 is 2.00 bits per heavy atom. The molecule has 0 bridgehead atoms. The summed E-state index contributed by atoms with van der Waals surface area (Å²) in [5.74, 6) is -2.12. The van der Waals surface area contributed by atoms with Gasteiger partial charge < -0.3 is 9.84 Å². The number of piperidine rings is 1. The van der Waals surface area contributed by atoms with Gasteiger partial charge in [0.05, 0.1) is 17.9 Å². The maximum atomic E-state index is 13.4. The monoisotopic (exact) mass is 493 g/mol. The van der Waals surface area contributed by atoms with Crippen LogP contribution >= 0.6 is 0 Å². The fourth-order valence-corrected chi connectivity index (χ4v) is 4.93. The van der Waals surface area contributed by atoms with Crippen LogP contribution < -0.4 is 10.2 Å². The highest BCUT2D eigenvalue weighted by molar-refractivity contribution is 7.89. The number of hydrogen-bond acceptors (Lipinski definition) is 7. The zero-order chi connectivity index (χ0) is 24.4. The molecule has 2 aromatic rings. The number of nitrogens with one attached hydrogen (secondary N) is 1. The molecule has 2 unspecified atom stereocenters. The number of aliphatic hydroxyl groups is 1. The number of alkyl halides is 3. The van der Waals surface area contributed by atoms with Gasteiger partial charge in [0.1, 0.15) is 23.4 Å². The standard InChI is InChI=1S/C19H19F4N3O6S/c20-12-1-3-15(19(21,22)23)11(7-12)10-32-17-4-2-14(9-24-17)33(30,31)26-6-5-13(27)8-16(26)18(28)25-29/h1-4,7,9,13,16,27,29H,5-6,8,10H2,(H,25,28). The molecular formula is C19H19F4N3O6S. The molecule has 1 aromatic heterocycles. The maximum Gasteiger partial charge on any atom is 0.416 e. The predicted molar refractivity (Wildman–Crippen MR) is 103 cm³/mol. The second kappa shape index (κ2) is 9.59. The number of aromatic nitrogens is 1. The summed E-state index contributed by atoms with van der Waals surface area (Å²) in [5.41, 5.74) is -0.176. The van der Waals surface area contributed by atoms with Crippen molar-refractivity contribution in [2.75, 3.05) is 6.54 Å². The molecule has 180 valence electrons. The van der Waals surface area contributed by atoms with E-state index in [1.807, 2.05) is 0 Å². The Bertz CT molecular complexity index is 1110. The van der Waals surface area contributed by atoms with Crippen molar-refractivity contribution in [3.8, 4) is 5.88 Å². The lowest BCUT2D eigenvalue weighted by Crippen LogP contribution is -2.54. The van der Waals surface area contributed by atoms with E-state index in [-0.39, 0.29) is 30.2 Å². The van der Waals surface area contributed by atoms with Gasteiger partial charge in [0.25, 0.3) is 5.91 Å². The predicted octanol–water partition coefficient (Wildman–Crippen LogP) is 1.84. The van der Waals surface area contributed by atoms with Crippen LogP contribution in [-0.4, -0.2) is 52.6 Å². The lowest BCUT2D eigenvalue weighted by atomic mass is 10.0. The molecule has 2 heterocycles. The van der Waals surface area contributed by atoms with E-state index in [0.717, 1.165) is 22.6 Å². The van der Waals surface area contributed by atoms with Crippen molar-refractivity contribution in [3.63, 3.8) is 0 Å². The van der Waals surface area contributed by atoms with Crippen LogP contribution in [0.4, 0.5) is 17.6 Å². The molecule has 0 radical (unpaired) electrons. The summed E-state index contributed by atoms with van der Waals surface area (Å²) in [5, 5.41) is 18.6. The highest BCUT2D eigenvalue weighted by Crippen LogP contribution is 2.33. The van der Waals surface area contributed by atoms with Crippen LogP contribution in [0.25, 0.3) is 0 Å². The van der Waals surface area contributed by atoms with Crippen LogP contribution in [0.5, 0.6) is 5.88 Å². The van der Waals surface area contributed by atoms with Gasteiger partial charge in [0.15, 0.2) is 0 Å². The number of carbonyl (C=O) groups excluding carboxylic acids is 1. The summed E-state index contributed by atoms with van der Waals surface area (Å²) in [4.78, 5) is 15.3. The minimum atomic E-state index is -4.73. The fraction of sp³-hybridized carbons (Fsp3) is 0.368. The number of benzene rings is 1. The third-order valence-corrected chi connectivity index (χ3v) is 6.89. The number of hydrogen-bond donors (Lipinski definition) is 3. The number of nitrogens with zero attached hydrogens (tertiary/aromatic N) is 2. The number of halogens is 4. The maximum absolute atomic E-state index is 13.4. The molecule has 0 aliphatic carbocycles. The Labute approximate surface area is 185 Å². The summed E-state index contributed by atoms with van der Waals surface area (Å²) < 4.78 is 84.5. The number of aliphatic hydroxyl groups excluding tert-OH is 1. The third-order valence-electron chi connectivity index (χ3n) is 5.00. The summed E-state index contributed by atoms with van der Waals surface area (Å²) in [7, 11) is -4.27. The first-order valence-corrected chi connectivity index (χ1v) is 11.0. The molecule has 1 aliphatic rings. The second-order valence-electron chi connectivity index (χ2n) is 7.21. The smallest absolute Gasteiger partial charge is 0.416 e. The van der Waals surface area contributed by atoms with Gasteiger partial charge in [-0.3, -0.25) is 10.0 Å². The lowest BCUT2D eigenvalue weighted by molar-refractivity contribution is -0.138. The van der Waals surface area contributed by atoms with Crippen molar-refractivity contribution >= 4 is 15.9 Å². The van der Waals surface area contributed by atoms with E-state index in [0.29, 0.717) is 18.2 Å². The Morgan fingerprint density at radius 1 is 1.27 bits per heavy atom. The quantitative estimate of drug-likeness (QED) is 0.318. The van der Waals surface area contributed by atoms with Crippen LogP contribution in [0.1, 0.15) is 24.0 Å². The van der Waals surface area contributed by atoms with E-state index >= 15 is 0 Å². The fourth-order valence-electron chi connectivity index (χ4n) is 3.38. The van der Waals surface area contributed by atoms with E-state index in [4.69, 9.17) is 9.94 Å². The van der Waals surface area contributed by atoms with Gasteiger partial charge in [0, 0.05) is 18.2 Å². The Morgan fingerprint density at radius 3 is 2.61 bits per heavy atom. The van der Waals surface area contributed by atoms with Gasteiger partial charge in [-0.2, -0.15) is 17.5 Å². The van der Waals surface area contributed by atoms with E-state index in [9.17, 15) is 35.9 Å². The Kier molecular flexibility index (Phi) is 7.21. The molecule has 0 saturated carbocycles. The minimum Gasteiger partial charge on any atom is -0.473 e. The summed E-state index contributed by atoms with van der Waals surface area (Å²) in [6.07, 6.45) is -4.93. The summed E-state index contributed by atoms with van der Waals surface area (Å²) in [6.45, 7) is -0.867. The zero-order valence-corrected chi connectivity index (χ0v) is 17.6. The molecule has 3 N–H and O–H groups in total. The first-order valence-electron chi connectivity index (χ1n) is 9.52. The van der Waals surface area contributed by atoms with Gasteiger partial charge in [-0.25, -0.2) is 23.3 Å². The van der Waals surface area contributed by atoms with Crippen molar-refractivity contribution in [3.05, 3.63) is 53.5 Å². The molecule has 1 fully saturated rings. The summed E-state index contributed by atoms with van der Waals surface area (Å²) >= 11 is 0. The van der Waals surface area contributed by atoms with Crippen LogP contribution in [-0.2, 0) is 27.6 Å². The van der Waals surface area contributed by atoms with Crippen molar-refractivity contribution in [2.24, 2.45) is 0 Å². The number of carbonyl (C=O) groups is 1. The molecule has 14 heteroatoms. The Hall–Kier alpha value is -2.81. The minimum absolute atomic E-state index is 0.0677. The van der Waals surface area contributed by atoms with E-state index < -0.39 is 57.8 Å². The second-order valence-corrected chi connectivity index (χ2v) is 9.10. The SMILES string of the molecule is O=C(NO)C1CC(O)CCN1S(=O)(=O)c1ccc(OCc2cc(F)ccc2C(F)(F)F)nc1. The molecule has 3 rings (SSSR count). The lowest BCUT2D eigenvalue weighted by Gasteiger charge is -2.35. The number of amides is 1. The average molecular weight is 493 g/mol. The molecule has 1 amide bonds. The average Bonchev–Trinajstić information content (AvgIpc) is 2.76. The van der Waals surface area contributed by atoms with Gasteiger partial charge >= 0.3 is 6.18 Å². The highest BCUT2D eigenvalue weighted by Gasteiger charge is 2.40. The van der Waals surface area contributed by atoms with Crippen LogP contribution in [0, 0.1) is 5.82 Å². The molecule has 1 aromatic carbocycles. The molecule has 1 saturated heterocycles. The van der Waals surface area contributed by atoms with Gasteiger partial charge in [-0.05, 0) is 37.1 Å². The number of ether oxygens (including phenoxy) is 1. The van der Waals surface area contributed by atoms with E-state index in [1.165, 1.54) is 5.48 Å². The third kappa shape index (κ3) is 5.58. The first kappa shape index (κ1) is 24.8. The van der Waals surface area contributed by atoms with Gasteiger partial charge in [-0.15, -0.1) is 0 Å². The number of hydroxylamine groups is 1. The van der Waals surface area contributed by atoms with Gasteiger partial charge in [0.2, 0.25) is 15.9 Å². The first-order chi connectivity index (χ1) is 15.4. The molecule has 9 nitrogen and oxygen atoms in total. The van der Waals surface area contributed by atoms with Crippen LogP contribution in [0.2, 0.25) is 0 Å². The van der Waals surface area contributed by atoms with Crippen molar-refractivity contribution in [1.29, 1.82) is 0 Å². The van der Waals surface area contributed by atoms with Crippen LogP contribution in [0.3, 0.4) is 0 Å². The summed E-state index contributed by atoms with van der Waals surface area (Å²) in [6, 6.07) is 2.76. The molecule has 0 spiro atoms. The van der Waals surface area contributed by atoms with Crippen molar-refractivity contribution in [1.82, 2.24) is 14.8 Å². The topological polar surface area (TPSA) is 129 Å². The number of rotatable bonds is 6. The molecule has 2 atom stereocenters. The molecule has 33 heavy (non-hydrogen) atoms.